The van der Waals surface area contributed by atoms with E-state index < -0.39 is 0 Å². The molecule has 0 aliphatic carbocycles. The Morgan fingerprint density at radius 2 is 1.67 bits per heavy atom. The number of urea groups is 1. The molecule has 2 heterocycles. The molecule has 0 unspecified atom stereocenters. The number of carbonyl (C=O) groups excluding carboxylic acids is 1. The van der Waals surface area contributed by atoms with Gasteiger partial charge in [0, 0.05) is 65.4 Å². The average Bonchev–Trinajstić information content (AvgIpc) is 2.26. The van der Waals surface area contributed by atoms with E-state index in [1.807, 2.05) is 19.0 Å². The van der Waals surface area contributed by atoms with E-state index in [-0.39, 0.29) is 6.03 Å². The van der Waals surface area contributed by atoms with Crippen LogP contribution in [0, 0.1) is 0 Å². The van der Waals surface area contributed by atoms with Crippen molar-refractivity contribution in [1.82, 2.24) is 19.6 Å². The third-order valence-corrected chi connectivity index (χ3v) is 4.10. The lowest BCUT2D eigenvalue weighted by atomic mass is 10.0. The largest absolute Gasteiger partial charge is 0.331 e. The van der Waals surface area contributed by atoms with Crippen LogP contribution in [0.2, 0.25) is 0 Å². The molecule has 0 atom stereocenters. The molecular formula is C13H26N4O. The molecule has 5 nitrogen and oxygen atoms in total. The van der Waals surface area contributed by atoms with Gasteiger partial charge in [-0.05, 0) is 13.8 Å². The van der Waals surface area contributed by atoms with Gasteiger partial charge in [-0.25, -0.2) is 4.79 Å². The summed E-state index contributed by atoms with van der Waals surface area (Å²) in [6.45, 7) is 10.7. The second-order valence-corrected chi connectivity index (χ2v) is 5.90. The van der Waals surface area contributed by atoms with Crippen molar-refractivity contribution in [1.29, 1.82) is 0 Å². The van der Waals surface area contributed by atoms with Crippen molar-refractivity contribution >= 4 is 6.03 Å². The zero-order valence-electron chi connectivity index (χ0n) is 12.1. The number of carbonyl (C=O) groups is 1. The summed E-state index contributed by atoms with van der Waals surface area (Å²) in [7, 11) is 3.64. The first-order valence-corrected chi connectivity index (χ1v) is 6.93. The van der Waals surface area contributed by atoms with E-state index in [2.05, 4.69) is 23.6 Å². The van der Waals surface area contributed by atoms with Crippen LogP contribution in [0.4, 0.5) is 4.79 Å². The Hall–Kier alpha value is -0.810. The van der Waals surface area contributed by atoms with Crippen molar-refractivity contribution in [2.24, 2.45) is 0 Å². The van der Waals surface area contributed by atoms with Crippen LogP contribution >= 0.6 is 0 Å². The van der Waals surface area contributed by atoms with Crippen LogP contribution in [0.15, 0.2) is 0 Å². The minimum absolute atomic E-state index is 0.145. The van der Waals surface area contributed by atoms with Crippen LogP contribution in [0.3, 0.4) is 0 Å². The average molecular weight is 254 g/mol. The third-order valence-electron chi connectivity index (χ3n) is 4.10. The number of rotatable bonds is 2. The molecule has 18 heavy (non-hydrogen) atoms. The van der Waals surface area contributed by atoms with Crippen molar-refractivity contribution in [2.75, 3.05) is 53.4 Å². The standard InChI is InChI=1S/C13H26N4O/c1-11(2)17-9-12(10-17)15-5-7-16(8-6-15)13(18)14(3)4/h11-12H,5-10H2,1-4H3. The van der Waals surface area contributed by atoms with Crippen LogP contribution in [0.25, 0.3) is 0 Å². The lowest BCUT2D eigenvalue weighted by Gasteiger charge is -2.49. The molecule has 2 saturated heterocycles. The van der Waals surface area contributed by atoms with Gasteiger partial charge < -0.3 is 9.80 Å². The molecular weight excluding hydrogens is 228 g/mol. The molecule has 2 aliphatic heterocycles. The molecule has 104 valence electrons. The molecule has 2 rings (SSSR count). The van der Waals surface area contributed by atoms with E-state index in [4.69, 9.17) is 0 Å². The van der Waals surface area contributed by atoms with Crippen LogP contribution in [-0.4, -0.2) is 91.1 Å². The second kappa shape index (κ2) is 5.45. The first-order chi connectivity index (χ1) is 8.49. The van der Waals surface area contributed by atoms with Crippen LogP contribution < -0.4 is 0 Å². The fraction of sp³-hybridized carbons (Fsp3) is 0.923. The maximum absolute atomic E-state index is 11.8. The van der Waals surface area contributed by atoms with Crippen LogP contribution in [-0.2, 0) is 0 Å². The molecule has 0 spiro atoms. The molecule has 2 aliphatic rings. The SMILES string of the molecule is CC(C)N1CC(N2CCN(C(=O)N(C)C)CC2)C1. The summed E-state index contributed by atoms with van der Waals surface area (Å²) in [5.74, 6) is 0. The summed E-state index contributed by atoms with van der Waals surface area (Å²) in [6, 6.07) is 1.52. The van der Waals surface area contributed by atoms with Gasteiger partial charge in [0.25, 0.3) is 0 Å². The third kappa shape index (κ3) is 2.78. The van der Waals surface area contributed by atoms with Gasteiger partial charge in [-0.3, -0.25) is 9.80 Å². The molecule has 0 aromatic heterocycles. The Balaban J connectivity index is 1.73. The number of likely N-dealkylation sites (tertiary alicyclic amines) is 1. The van der Waals surface area contributed by atoms with Gasteiger partial charge in [0.05, 0.1) is 0 Å². The Bertz CT molecular complexity index is 291. The number of hydrogen-bond donors (Lipinski definition) is 0. The molecule has 2 fully saturated rings. The van der Waals surface area contributed by atoms with Crippen LogP contribution in [0.5, 0.6) is 0 Å². The van der Waals surface area contributed by atoms with Crippen molar-refractivity contribution in [2.45, 2.75) is 25.9 Å². The van der Waals surface area contributed by atoms with Gasteiger partial charge in [0.1, 0.15) is 0 Å². The van der Waals surface area contributed by atoms with Gasteiger partial charge >= 0.3 is 6.03 Å². The molecule has 0 radical (unpaired) electrons. The Morgan fingerprint density at radius 3 is 2.11 bits per heavy atom. The number of amides is 2. The molecule has 0 aromatic carbocycles. The van der Waals surface area contributed by atoms with Gasteiger partial charge in [0.15, 0.2) is 0 Å². The van der Waals surface area contributed by atoms with Gasteiger partial charge in [-0.1, -0.05) is 0 Å². The van der Waals surface area contributed by atoms with Gasteiger partial charge in [-0.15, -0.1) is 0 Å². The van der Waals surface area contributed by atoms with E-state index in [0.717, 1.165) is 26.2 Å². The maximum atomic E-state index is 11.8. The highest BCUT2D eigenvalue weighted by molar-refractivity contribution is 5.73. The molecule has 0 N–H and O–H groups in total. The van der Waals surface area contributed by atoms with Gasteiger partial charge in [-0.2, -0.15) is 0 Å². The lowest BCUT2D eigenvalue weighted by Crippen LogP contribution is -2.64. The fourth-order valence-corrected chi connectivity index (χ4v) is 2.70. The molecule has 5 heteroatoms. The molecule has 0 bridgehead atoms. The summed E-state index contributed by atoms with van der Waals surface area (Å²) >= 11 is 0. The van der Waals surface area contributed by atoms with E-state index in [1.165, 1.54) is 13.1 Å². The van der Waals surface area contributed by atoms with E-state index in [9.17, 15) is 4.79 Å². The quantitative estimate of drug-likeness (QED) is 0.713. The van der Waals surface area contributed by atoms with Crippen molar-refractivity contribution < 1.29 is 4.79 Å². The molecule has 0 saturated carbocycles. The lowest BCUT2D eigenvalue weighted by molar-refractivity contribution is -0.00523. The fourth-order valence-electron chi connectivity index (χ4n) is 2.70. The van der Waals surface area contributed by atoms with Crippen LogP contribution in [0.1, 0.15) is 13.8 Å². The summed E-state index contributed by atoms with van der Waals surface area (Å²) in [5.41, 5.74) is 0. The Morgan fingerprint density at radius 1 is 1.11 bits per heavy atom. The van der Waals surface area contributed by atoms with Crippen molar-refractivity contribution in [3.8, 4) is 0 Å². The zero-order valence-corrected chi connectivity index (χ0v) is 12.1. The monoisotopic (exact) mass is 254 g/mol. The number of piperazine rings is 1. The number of nitrogens with zero attached hydrogens (tertiary/aromatic N) is 4. The topological polar surface area (TPSA) is 30.0 Å². The predicted molar refractivity (Wildman–Crippen MR) is 72.7 cm³/mol. The van der Waals surface area contributed by atoms with Crippen molar-refractivity contribution in [3.05, 3.63) is 0 Å². The number of hydrogen-bond acceptors (Lipinski definition) is 3. The molecule has 0 aromatic rings. The molecule has 2 amide bonds. The Kier molecular flexibility index (Phi) is 4.12. The first kappa shape index (κ1) is 13.6. The normalized spacial score (nSPS) is 23.3. The smallest absolute Gasteiger partial charge is 0.319 e. The predicted octanol–water partition coefficient (Wildman–Crippen LogP) is 0.378. The summed E-state index contributed by atoms with van der Waals surface area (Å²) in [4.78, 5) is 20.5. The highest BCUT2D eigenvalue weighted by Gasteiger charge is 2.35. The highest BCUT2D eigenvalue weighted by Crippen LogP contribution is 2.19. The maximum Gasteiger partial charge on any atom is 0.319 e. The van der Waals surface area contributed by atoms with E-state index >= 15 is 0 Å². The second-order valence-electron chi connectivity index (χ2n) is 5.90. The van der Waals surface area contributed by atoms with Crippen molar-refractivity contribution in [3.63, 3.8) is 0 Å². The minimum Gasteiger partial charge on any atom is -0.331 e. The minimum atomic E-state index is 0.145. The van der Waals surface area contributed by atoms with Gasteiger partial charge in [0.2, 0.25) is 0 Å². The van der Waals surface area contributed by atoms with E-state index in [0.29, 0.717) is 12.1 Å². The summed E-state index contributed by atoms with van der Waals surface area (Å²) < 4.78 is 0. The summed E-state index contributed by atoms with van der Waals surface area (Å²) in [5, 5.41) is 0. The zero-order chi connectivity index (χ0) is 13.3. The summed E-state index contributed by atoms with van der Waals surface area (Å²) in [6.07, 6.45) is 0. The first-order valence-electron chi connectivity index (χ1n) is 6.93. The highest BCUT2D eigenvalue weighted by atomic mass is 16.2. The Labute approximate surface area is 110 Å². The van der Waals surface area contributed by atoms with E-state index in [1.54, 1.807) is 4.90 Å².